The van der Waals surface area contributed by atoms with Crippen molar-refractivity contribution in [1.82, 2.24) is 10.2 Å². The van der Waals surface area contributed by atoms with Crippen LogP contribution in [0.5, 0.6) is 0 Å². The van der Waals surface area contributed by atoms with Crippen molar-refractivity contribution in [1.29, 1.82) is 0 Å². The van der Waals surface area contributed by atoms with Crippen molar-refractivity contribution >= 4 is 16.7 Å². The van der Waals surface area contributed by atoms with Gasteiger partial charge in [0.1, 0.15) is 0 Å². The molecule has 0 aromatic carbocycles. The third-order valence-corrected chi connectivity index (χ3v) is 5.38. The molecule has 4 atom stereocenters. The van der Waals surface area contributed by atoms with Crippen LogP contribution in [0.1, 0.15) is 46.0 Å². The Hall–Kier alpha value is -0.420. The maximum atomic E-state index is 12.5. The van der Waals surface area contributed by atoms with Crippen molar-refractivity contribution in [2.45, 2.75) is 64.2 Å². The molecule has 1 amide bonds. The number of hydrogen-bond donors (Lipinski definition) is 1. The molecule has 4 nitrogen and oxygen atoms in total. The lowest BCUT2D eigenvalue weighted by Crippen LogP contribution is -2.48. The molecule has 1 N–H and O–H groups in total. The molecule has 1 saturated heterocycles. The van der Waals surface area contributed by atoms with Gasteiger partial charge >= 0.3 is 0 Å². The van der Waals surface area contributed by atoms with Crippen LogP contribution < -0.4 is 5.32 Å². The minimum Gasteiger partial charge on any atom is -0.322 e. The van der Waals surface area contributed by atoms with Gasteiger partial charge in [-0.15, -0.1) is 0 Å². The zero-order valence-electron chi connectivity index (χ0n) is 12.2. The van der Waals surface area contributed by atoms with Crippen molar-refractivity contribution < 1.29 is 9.00 Å². The van der Waals surface area contributed by atoms with Crippen LogP contribution in [0, 0.1) is 5.92 Å². The first kappa shape index (κ1) is 15.0. The Kier molecular flexibility index (Phi) is 5.01. The van der Waals surface area contributed by atoms with Crippen molar-refractivity contribution in [2.75, 3.05) is 12.0 Å². The first-order chi connectivity index (χ1) is 9.04. The fourth-order valence-corrected chi connectivity index (χ4v) is 4.35. The van der Waals surface area contributed by atoms with E-state index < -0.39 is 10.8 Å². The summed E-state index contributed by atoms with van der Waals surface area (Å²) in [5.41, 5.74) is 0. The quantitative estimate of drug-likeness (QED) is 0.833. The monoisotopic (exact) mass is 286 g/mol. The Morgan fingerprint density at radius 2 is 2.05 bits per heavy atom. The maximum absolute atomic E-state index is 12.5. The smallest absolute Gasteiger partial charge is 0.241 e. The van der Waals surface area contributed by atoms with Crippen LogP contribution in [-0.4, -0.2) is 45.3 Å². The zero-order chi connectivity index (χ0) is 14.0. The summed E-state index contributed by atoms with van der Waals surface area (Å²) in [6.45, 7) is 4.08. The first-order valence-electron chi connectivity index (χ1n) is 7.42. The van der Waals surface area contributed by atoms with Gasteiger partial charge in [0.2, 0.25) is 5.91 Å². The molecule has 0 spiro atoms. The molecule has 0 radical (unpaired) electrons. The molecule has 0 bridgehead atoms. The summed E-state index contributed by atoms with van der Waals surface area (Å²) in [5.74, 6) is 1.36. The first-order valence-corrected chi connectivity index (χ1v) is 9.15. The maximum Gasteiger partial charge on any atom is 0.241 e. The Morgan fingerprint density at radius 3 is 2.58 bits per heavy atom. The molecule has 110 valence electrons. The number of rotatable bonds is 5. The van der Waals surface area contributed by atoms with Gasteiger partial charge in [-0.2, -0.15) is 0 Å². The largest absolute Gasteiger partial charge is 0.322 e. The molecular weight excluding hydrogens is 260 g/mol. The molecule has 1 saturated carbocycles. The summed E-state index contributed by atoms with van der Waals surface area (Å²) < 4.78 is 11.4. The standard InChI is InChI=1S/C14H26N2O2S/c1-4-12-14(17)16(10(2)9-19(3)18)13(15-12)11-7-5-6-8-11/h10-13,15H,4-9H2,1-3H3. The molecule has 2 fully saturated rings. The van der Waals surface area contributed by atoms with E-state index in [-0.39, 0.29) is 24.2 Å². The van der Waals surface area contributed by atoms with E-state index in [9.17, 15) is 9.00 Å². The third-order valence-electron chi connectivity index (χ3n) is 4.43. The Labute approximate surface area is 118 Å². The molecule has 4 unspecified atom stereocenters. The fourth-order valence-electron chi connectivity index (χ4n) is 3.51. The van der Waals surface area contributed by atoms with Gasteiger partial charge in [0.25, 0.3) is 0 Å². The summed E-state index contributed by atoms with van der Waals surface area (Å²) in [6.07, 6.45) is 7.68. The van der Waals surface area contributed by atoms with Crippen LogP contribution >= 0.6 is 0 Å². The Morgan fingerprint density at radius 1 is 1.42 bits per heavy atom. The molecule has 2 rings (SSSR count). The van der Waals surface area contributed by atoms with Crippen LogP contribution in [0.25, 0.3) is 0 Å². The summed E-state index contributed by atoms with van der Waals surface area (Å²) in [6, 6.07) is 0.0197. The number of amides is 1. The molecule has 0 aromatic heterocycles. The van der Waals surface area contributed by atoms with Crippen LogP contribution in [0.4, 0.5) is 0 Å². The second kappa shape index (κ2) is 6.35. The molecule has 19 heavy (non-hydrogen) atoms. The van der Waals surface area contributed by atoms with Gasteiger partial charge in [0.05, 0.1) is 12.2 Å². The van der Waals surface area contributed by atoms with Gasteiger partial charge in [-0.1, -0.05) is 19.8 Å². The van der Waals surface area contributed by atoms with E-state index in [0.29, 0.717) is 11.7 Å². The molecule has 0 aromatic rings. The summed E-state index contributed by atoms with van der Waals surface area (Å²) in [5, 5.41) is 3.51. The van der Waals surface area contributed by atoms with Gasteiger partial charge in [0.15, 0.2) is 0 Å². The van der Waals surface area contributed by atoms with Gasteiger partial charge in [-0.25, -0.2) is 0 Å². The van der Waals surface area contributed by atoms with Crippen molar-refractivity contribution in [3.05, 3.63) is 0 Å². The zero-order valence-corrected chi connectivity index (χ0v) is 13.0. The van der Waals surface area contributed by atoms with E-state index >= 15 is 0 Å². The molecule has 1 aliphatic heterocycles. The van der Waals surface area contributed by atoms with Gasteiger partial charge in [0, 0.05) is 28.9 Å². The predicted molar refractivity (Wildman–Crippen MR) is 78.2 cm³/mol. The topological polar surface area (TPSA) is 49.4 Å². The van der Waals surface area contributed by atoms with E-state index in [1.165, 1.54) is 25.7 Å². The highest BCUT2D eigenvalue weighted by Gasteiger charge is 2.44. The highest BCUT2D eigenvalue weighted by molar-refractivity contribution is 7.84. The van der Waals surface area contributed by atoms with Gasteiger partial charge < -0.3 is 4.90 Å². The Balaban J connectivity index is 2.13. The van der Waals surface area contributed by atoms with E-state index in [1.807, 2.05) is 18.7 Å². The SMILES string of the molecule is CCC1NC(C2CCCC2)N(C(C)CS(C)=O)C1=O. The van der Waals surface area contributed by atoms with E-state index in [1.54, 1.807) is 6.26 Å². The lowest BCUT2D eigenvalue weighted by Gasteiger charge is -2.33. The van der Waals surface area contributed by atoms with Crippen molar-refractivity contribution in [3.63, 3.8) is 0 Å². The average Bonchev–Trinajstić information content (AvgIpc) is 2.94. The van der Waals surface area contributed by atoms with Crippen LogP contribution in [0.15, 0.2) is 0 Å². The number of carbonyl (C=O) groups is 1. The highest BCUT2D eigenvalue weighted by atomic mass is 32.2. The lowest BCUT2D eigenvalue weighted by atomic mass is 10.0. The molecule has 1 aliphatic carbocycles. The average molecular weight is 286 g/mol. The van der Waals surface area contributed by atoms with Crippen LogP contribution in [-0.2, 0) is 15.6 Å². The van der Waals surface area contributed by atoms with Crippen molar-refractivity contribution in [2.24, 2.45) is 5.92 Å². The lowest BCUT2D eigenvalue weighted by molar-refractivity contribution is -0.132. The number of nitrogens with one attached hydrogen (secondary N) is 1. The van der Waals surface area contributed by atoms with E-state index in [4.69, 9.17) is 0 Å². The number of nitrogens with zero attached hydrogens (tertiary/aromatic N) is 1. The Bertz CT molecular complexity index is 355. The van der Waals surface area contributed by atoms with Crippen LogP contribution in [0.3, 0.4) is 0 Å². The summed E-state index contributed by atoms with van der Waals surface area (Å²) >= 11 is 0. The number of hydrogen-bond acceptors (Lipinski definition) is 3. The van der Waals surface area contributed by atoms with E-state index in [2.05, 4.69) is 5.32 Å². The predicted octanol–water partition coefficient (Wildman–Crippen LogP) is 1.48. The van der Waals surface area contributed by atoms with Crippen molar-refractivity contribution in [3.8, 4) is 0 Å². The van der Waals surface area contributed by atoms with Gasteiger partial charge in [-0.05, 0) is 32.1 Å². The van der Waals surface area contributed by atoms with Gasteiger partial charge in [-0.3, -0.25) is 14.3 Å². The summed E-state index contributed by atoms with van der Waals surface area (Å²) in [4.78, 5) is 14.5. The minimum absolute atomic E-state index is 0.0432. The van der Waals surface area contributed by atoms with Crippen LogP contribution in [0.2, 0.25) is 0 Å². The summed E-state index contributed by atoms with van der Waals surface area (Å²) in [7, 11) is -0.858. The number of carbonyl (C=O) groups excluding carboxylic acids is 1. The molecule has 5 heteroatoms. The minimum atomic E-state index is -0.858. The normalized spacial score (nSPS) is 31.9. The molecular formula is C14H26N2O2S. The third kappa shape index (κ3) is 3.19. The fraction of sp³-hybridized carbons (Fsp3) is 0.929. The molecule has 2 aliphatic rings. The molecule has 1 heterocycles. The van der Waals surface area contributed by atoms with E-state index in [0.717, 1.165) is 6.42 Å². The second-order valence-corrected chi connectivity index (χ2v) is 7.43. The highest BCUT2D eigenvalue weighted by Crippen LogP contribution is 2.33. The second-order valence-electron chi connectivity index (χ2n) is 5.95.